The van der Waals surface area contributed by atoms with E-state index in [1.54, 1.807) is 12.4 Å². The maximum absolute atomic E-state index is 11.0. The molecule has 0 unspecified atom stereocenters. The van der Waals surface area contributed by atoms with E-state index in [0.29, 0.717) is 6.54 Å². The molecule has 0 saturated heterocycles. The molecule has 0 radical (unpaired) electrons. The van der Waals surface area contributed by atoms with Crippen molar-refractivity contribution in [2.75, 3.05) is 13.1 Å². The molecule has 1 aromatic heterocycles. The van der Waals surface area contributed by atoms with Crippen LogP contribution < -0.4 is 5.32 Å². The van der Waals surface area contributed by atoms with Crippen molar-refractivity contribution in [3.05, 3.63) is 40.5 Å². The normalized spacial score (nSPS) is 9.07. The summed E-state index contributed by atoms with van der Waals surface area (Å²) < 4.78 is 0. The zero-order valence-electron chi connectivity index (χ0n) is 8.13. The highest BCUT2D eigenvalue weighted by Crippen LogP contribution is 1.95. The molecule has 0 spiro atoms. The lowest BCUT2D eigenvalue weighted by Gasteiger charge is -2.02. The average Bonchev–Trinajstić information content (AvgIpc) is 2.28. The Hall–Kier alpha value is -2.07. The molecule has 0 saturated carbocycles. The summed E-state index contributed by atoms with van der Waals surface area (Å²) in [5.74, 6) is -0.267. The number of hydrogen-bond donors (Lipinski definition) is 1. The number of amides is 1. The van der Waals surface area contributed by atoms with Gasteiger partial charge in [0.05, 0.1) is 0 Å². The Kier molecular flexibility index (Phi) is 4.69. The van der Waals surface area contributed by atoms with Gasteiger partial charge in [-0.05, 0) is 23.6 Å². The molecule has 0 bridgehead atoms. The van der Waals surface area contributed by atoms with Crippen LogP contribution in [0.25, 0.3) is 10.4 Å². The summed E-state index contributed by atoms with van der Waals surface area (Å²) >= 11 is 0. The van der Waals surface area contributed by atoms with Crippen molar-refractivity contribution >= 4 is 5.91 Å². The molecule has 6 nitrogen and oxygen atoms in total. The largest absolute Gasteiger partial charge is 0.356 e. The topological polar surface area (TPSA) is 90.8 Å². The van der Waals surface area contributed by atoms with E-state index >= 15 is 0 Å². The summed E-state index contributed by atoms with van der Waals surface area (Å²) in [7, 11) is 0. The number of hydrogen-bond acceptors (Lipinski definition) is 3. The summed E-state index contributed by atoms with van der Waals surface area (Å²) in [5, 5.41) is 5.79. The van der Waals surface area contributed by atoms with Crippen LogP contribution in [0.15, 0.2) is 29.6 Å². The molecule has 0 atom stereocenters. The minimum atomic E-state index is -0.267. The maximum Gasteiger partial charge on any atom is 0.225 e. The molecule has 0 aliphatic heterocycles. The highest BCUT2D eigenvalue weighted by Gasteiger charge is 1.98. The molecule has 1 heterocycles. The second-order valence-electron chi connectivity index (χ2n) is 2.85. The Bertz CT molecular complexity index is 358. The van der Waals surface area contributed by atoms with Crippen LogP contribution in [0.2, 0.25) is 0 Å². The second-order valence-corrected chi connectivity index (χ2v) is 2.85. The standard InChI is InChI=1S/C9H11N5O/c10-14-13-7-9(15)12-5-3-8-2-1-4-11-6-8/h1-2,4,6H,3,5,7H2,(H,12,15). The average molecular weight is 205 g/mol. The van der Waals surface area contributed by atoms with Crippen LogP contribution in [-0.2, 0) is 11.2 Å². The van der Waals surface area contributed by atoms with E-state index in [1.807, 2.05) is 12.1 Å². The van der Waals surface area contributed by atoms with Crippen LogP contribution in [0.5, 0.6) is 0 Å². The SMILES string of the molecule is [N-]=[N+]=NCC(=O)NCCc1cccnc1. The first-order valence-electron chi connectivity index (χ1n) is 4.49. The lowest BCUT2D eigenvalue weighted by Crippen LogP contribution is -2.27. The fourth-order valence-electron chi connectivity index (χ4n) is 1.04. The molecule has 6 heteroatoms. The molecular formula is C9H11N5O. The lowest BCUT2D eigenvalue weighted by molar-refractivity contribution is -0.119. The van der Waals surface area contributed by atoms with Crippen molar-refractivity contribution in [1.82, 2.24) is 10.3 Å². The van der Waals surface area contributed by atoms with Crippen molar-refractivity contribution in [3.63, 3.8) is 0 Å². The van der Waals surface area contributed by atoms with Crippen LogP contribution in [0.1, 0.15) is 5.56 Å². The Morgan fingerprint density at radius 3 is 3.20 bits per heavy atom. The summed E-state index contributed by atoms with van der Waals surface area (Å²) in [6, 6.07) is 3.78. The number of azide groups is 1. The van der Waals surface area contributed by atoms with Crippen molar-refractivity contribution < 1.29 is 4.79 Å². The molecule has 1 aromatic rings. The van der Waals surface area contributed by atoms with Crippen molar-refractivity contribution in [2.24, 2.45) is 5.11 Å². The van der Waals surface area contributed by atoms with E-state index in [9.17, 15) is 4.79 Å². The first-order valence-corrected chi connectivity index (χ1v) is 4.49. The van der Waals surface area contributed by atoms with E-state index in [-0.39, 0.29) is 12.5 Å². The zero-order valence-corrected chi connectivity index (χ0v) is 8.13. The van der Waals surface area contributed by atoms with Gasteiger partial charge >= 0.3 is 0 Å². The molecule has 1 rings (SSSR count). The second kappa shape index (κ2) is 6.39. The number of carbonyl (C=O) groups is 1. The van der Waals surface area contributed by atoms with Crippen LogP contribution in [-0.4, -0.2) is 24.0 Å². The fraction of sp³-hybridized carbons (Fsp3) is 0.333. The van der Waals surface area contributed by atoms with Crippen molar-refractivity contribution in [3.8, 4) is 0 Å². The van der Waals surface area contributed by atoms with Crippen LogP contribution in [0.4, 0.5) is 0 Å². The van der Waals surface area contributed by atoms with Gasteiger partial charge < -0.3 is 5.32 Å². The first kappa shape index (κ1) is 11.0. The third-order valence-corrected chi connectivity index (χ3v) is 1.74. The van der Waals surface area contributed by atoms with Crippen molar-refractivity contribution in [2.45, 2.75) is 6.42 Å². The lowest BCUT2D eigenvalue weighted by atomic mass is 10.2. The van der Waals surface area contributed by atoms with Gasteiger partial charge in [-0.1, -0.05) is 11.2 Å². The highest BCUT2D eigenvalue weighted by molar-refractivity contribution is 5.78. The molecule has 0 fully saturated rings. The van der Waals surface area contributed by atoms with Gasteiger partial charge in [0.1, 0.15) is 6.54 Å². The van der Waals surface area contributed by atoms with Gasteiger partial charge in [0, 0.05) is 23.9 Å². The third kappa shape index (κ3) is 4.64. The smallest absolute Gasteiger partial charge is 0.225 e. The van der Waals surface area contributed by atoms with Crippen LogP contribution >= 0.6 is 0 Å². The third-order valence-electron chi connectivity index (χ3n) is 1.74. The van der Waals surface area contributed by atoms with E-state index in [1.165, 1.54) is 0 Å². The van der Waals surface area contributed by atoms with Crippen molar-refractivity contribution in [1.29, 1.82) is 0 Å². The van der Waals surface area contributed by atoms with E-state index in [0.717, 1.165) is 12.0 Å². The molecule has 0 aliphatic rings. The Morgan fingerprint density at radius 2 is 2.53 bits per heavy atom. The Balaban J connectivity index is 2.22. The predicted molar refractivity (Wildman–Crippen MR) is 55.0 cm³/mol. The molecule has 78 valence electrons. The van der Waals surface area contributed by atoms with Crippen LogP contribution in [0.3, 0.4) is 0 Å². The fourth-order valence-corrected chi connectivity index (χ4v) is 1.04. The molecular weight excluding hydrogens is 194 g/mol. The number of pyridine rings is 1. The van der Waals surface area contributed by atoms with Gasteiger partial charge in [-0.3, -0.25) is 9.78 Å². The Morgan fingerprint density at radius 1 is 1.67 bits per heavy atom. The molecule has 1 N–H and O–H groups in total. The van der Waals surface area contributed by atoms with E-state index < -0.39 is 0 Å². The van der Waals surface area contributed by atoms with Gasteiger partial charge in [-0.2, -0.15) is 0 Å². The monoisotopic (exact) mass is 205 g/mol. The number of carbonyl (C=O) groups excluding carboxylic acids is 1. The van der Waals surface area contributed by atoms with Crippen LogP contribution in [0, 0.1) is 0 Å². The summed E-state index contributed by atoms with van der Waals surface area (Å²) in [4.78, 5) is 17.4. The van der Waals surface area contributed by atoms with Gasteiger partial charge in [0.15, 0.2) is 0 Å². The number of nitrogens with zero attached hydrogens (tertiary/aromatic N) is 4. The minimum absolute atomic E-state index is 0.149. The van der Waals surface area contributed by atoms with Gasteiger partial charge in [-0.25, -0.2) is 0 Å². The number of rotatable bonds is 5. The first-order chi connectivity index (χ1) is 7.33. The van der Waals surface area contributed by atoms with Gasteiger partial charge in [0.25, 0.3) is 0 Å². The summed E-state index contributed by atoms with van der Waals surface area (Å²) in [5.41, 5.74) is 9.05. The number of nitrogens with one attached hydrogen (secondary N) is 1. The summed E-state index contributed by atoms with van der Waals surface area (Å²) in [6.45, 7) is 0.370. The molecule has 15 heavy (non-hydrogen) atoms. The molecule has 1 amide bonds. The van der Waals surface area contributed by atoms with Gasteiger partial charge in [-0.15, -0.1) is 0 Å². The maximum atomic E-state index is 11.0. The quantitative estimate of drug-likeness (QED) is 0.442. The predicted octanol–water partition coefficient (Wildman–Crippen LogP) is 1.05. The van der Waals surface area contributed by atoms with E-state index in [4.69, 9.17) is 5.53 Å². The summed E-state index contributed by atoms with van der Waals surface area (Å²) in [6.07, 6.45) is 4.17. The number of aromatic nitrogens is 1. The van der Waals surface area contributed by atoms with E-state index in [2.05, 4.69) is 20.3 Å². The Labute approximate surface area is 87.0 Å². The molecule has 0 aliphatic carbocycles. The zero-order chi connectivity index (χ0) is 10.9. The molecule has 0 aromatic carbocycles. The minimum Gasteiger partial charge on any atom is -0.356 e. The van der Waals surface area contributed by atoms with Gasteiger partial charge in [0.2, 0.25) is 5.91 Å². The highest BCUT2D eigenvalue weighted by atomic mass is 16.1.